The Bertz CT molecular complexity index is 468. The summed E-state index contributed by atoms with van der Waals surface area (Å²) in [5.41, 5.74) is 1.06. The molecule has 1 aromatic carbocycles. The first-order valence-electron chi connectivity index (χ1n) is 4.48. The van der Waals surface area contributed by atoms with E-state index < -0.39 is 5.60 Å². The minimum atomic E-state index is -0.814. The number of benzene rings is 1. The van der Waals surface area contributed by atoms with Crippen LogP contribution >= 0.6 is 15.9 Å². The van der Waals surface area contributed by atoms with Crippen molar-refractivity contribution in [2.24, 2.45) is 0 Å². The van der Waals surface area contributed by atoms with Crippen LogP contribution in [0.2, 0.25) is 0 Å². The van der Waals surface area contributed by atoms with Gasteiger partial charge in [0.1, 0.15) is 0 Å². The Morgan fingerprint density at radius 1 is 1.29 bits per heavy atom. The Hall–Kier alpha value is -0.800. The molecule has 1 heterocycles. The topological polar surface area (TPSA) is 36.0 Å². The highest BCUT2D eigenvalue weighted by molar-refractivity contribution is 9.10. The summed E-state index contributed by atoms with van der Waals surface area (Å²) in [5, 5.41) is 10.9. The Labute approximate surface area is 91.1 Å². The summed E-state index contributed by atoms with van der Waals surface area (Å²) in [6.07, 6.45) is 0. The zero-order valence-corrected chi connectivity index (χ0v) is 9.72. The number of H-pyrrole nitrogens is 1. The Kier molecular flexibility index (Phi) is 2.16. The second kappa shape index (κ2) is 3.11. The van der Waals surface area contributed by atoms with Crippen molar-refractivity contribution in [3.63, 3.8) is 0 Å². The molecule has 0 amide bonds. The standard InChI is InChI=1S/C11H12BrNO/c1-11(2,14)10-5-7-3-4-8(12)6-9(7)13-10/h3-6,13-14H,1-2H3. The van der Waals surface area contributed by atoms with E-state index in [4.69, 9.17) is 0 Å². The van der Waals surface area contributed by atoms with E-state index in [0.29, 0.717) is 0 Å². The first-order chi connectivity index (χ1) is 6.47. The van der Waals surface area contributed by atoms with Crippen LogP contribution in [0.5, 0.6) is 0 Å². The summed E-state index contributed by atoms with van der Waals surface area (Å²) >= 11 is 3.41. The molecule has 1 aromatic heterocycles. The summed E-state index contributed by atoms with van der Waals surface area (Å²) in [7, 11) is 0. The van der Waals surface area contributed by atoms with Crippen molar-refractivity contribution in [3.05, 3.63) is 34.4 Å². The highest BCUT2D eigenvalue weighted by Gasteiger charge is 2.18. The maximum atomic E-state index is 9.82. The molecule has 0 saturated heterocycles. The summed E-state index contributed by atoms with van der Waals surface area (Å²) in [6, 6.07) is 7.99. The van der Waals surface area contributed by atoms with Crippen molar-refractivity contribution >= 4 is 26.8 Å². The molecule has 0 atom stereocenters. The Morgan fingerprint density at radius 2 is 2.00 bits per heavy atom. The molecule has 2 N–H and O–H groups in total. The summed E-state index contributed by atoms with van der Waals surface area (Å²) in [5.74, 6) is 0. The second-order valence-corrected chi connectivity index (χ2v) is 4.89. The summed E-state index contributed by atoms with van der Waals surface area (Å²) in [4.78, 5) is 3.20. The number of hydrogen-bond donors (Lipinski definition) is 2. The Balaban J connectivity index is 2.63. The van der Waals surface area contributed by atoms with Crippen LogP contribution in [-0.4, -0.2) is 10.1 Å². The molecule has 2 rings (SSSR count). The molecular formula is C11H12BrNO. The molecule has 0 radical (unpaired) electrons. The average Bonchev–Trinajstić information content (AvgIpc) is 2.45. The molecule has 0 aliphatic carbocycles. The smallest absolute Gasteiger partial charge is 0.0987 e. The number of rotatable bonds is 1. The molecule has 0 saturated carbocycles. The van der Waals surface area contributed by atoms with E-state index in [9.17, 15) is 5.11 Å². The fourth-order valence-electron chi connectivity index (χ4n) is 1.43. The lowest BCUT2D eigenvalue weighted by atomic mass is 10.1. The van der Waals surface area contributed by atoms with E-state index in [2.05, 4.69) is 20.9 Å². The van der Waals surface area contributed by atoms with Gasteiger partial charge in [0.2, 0.25) is 0 Å². The lowest BCUT2D eigenvalue weighted by Crippen LogP contribution is -2.15. The third kappa shape index (κ3) is 1.70. The molecule has 0 bridgehead atoms. The van der Waals surface area contributed by atoms with Crippen molar-refractivity contribution in [1.29, 1.82) is 0 Å². The van der Waals surface area contributed by atoms with Gasteiger partial charge in [0.25, 0.3) is 0 Å². The van der Waals surface area contributed by atoms with Crippen LogP contribution in [0.4, 0.5) is 0 Å². The van der Waals surface area contributed by atoms with E-state index in [0.717, 1.165) is 21.1 Å². The van der Waals surface area contributed by atoms with Gasteiger partial charge in [-0.1, -0.05) is 22.0 Å². The predicted octanol–water partition coefficient (Wildman–Crippen LogP) is 3.16. The fourth-order valence-corrected chi connectivity index (χ4v) is 1.79. The van der Waals surface area contributed by atoms with E-state index in [1.807, 2.05) is 24.3 Å². The van der Waals surface area contributed by atoms with Crippen molar-refractivity contribution in [1.82, 2.24) is 4.98 Å². The van der Waals surface area contributed by atoms with Crippen molar-refractivity contribution in [3.8, 4) is 0 Å². The van der Waals surface area contributed by atoms with Crippen LogP contribution in [0.15, 0.2) is 28.7 Å². The third-order valence-electron chi connectivity index (χ3n) is 2.24. The van der Waals surface area contributed by atoms with Gasteiger partial charge in [-0.2, -0.15) is 0 Å². The van der Waals surface area contributed by atoms with Gasteiger partial charge >= 0.3 is 0 Å². The summed E-state index contributed by atoms with van der Waals surface area (Å²) in [6.45, 7) is 3.54. The second-order valence-electron chi connectivity index (χ2n) is 3.97. The van der Waals surface area contributed by atoms with E-state index in [1.165, 1.54) is 0 Å². The van der Waals surface area contributed by atoms with Crippen LogP contribution in [0.25, 0.3) is 10.9 Å². The van der Waals surface area contributed by atoms with Crippen molar-refractivity contribution < 1.29 is 5.11 Å². The molecule has 0 unspecified atom stereocenters. The molecule has 0 aliphatic heterocycles. The molecule has 2 aromatic rings. The normalized spacial score (nSPS) is 12.3. The maximum absolute atomic E-state index is 9.82. The van der Waals surface area contributed by atoms with Gasteiger partial charge in [-0.05, 0) is 37.4 Å². The third-order valence-corrected chi connectivity index (χ3v) is 2.74. The number of aliphatic hydroxyl groups is 1. The zero-order valence-electron chi connectivity index (χ0n) is 8.13. The molecule has 3 heteroatoms. The van der Waals surface area contributed by atoms with E-state index in [1.54, 1.807) is 13.8 Å². The molecule has 0 spiro atoms. The number of halogens is 1. The average molecular weight is 254 g/mol. The van der Waals surface area contributed by atoms with Crippen LogP contribution in [0, 0.1) is 0 Å². The zero-order chi connectivity index (χ0) is 10.3. The highest BCUT2D eigenvalue weighted by atomic mass is 79.9. The number of aromatic amines is 1. The van der Waals surface area contributed by atoms with Gasteiger partial charge in [-0.3, -0.25) is 0 Å². The van der Waals surface area contributed by atoms with Crippen LogP contribution in [-0.2, 0) is 5.60 Å². The van der Waals surface area contributed by atoms with Gasteiger partial charge in [-0.15, -0.1) is 0 Å². The summed E-state index contributed by atoms with van der Waals surface area (Å²) < 4.78 is 1.04. The van der Waals surface area contributed by atoms with Crippen LogP contribution < -0.4 is 0 Å². The van der Waals surface area contributed by atoms with Crippen LogP contribution in [0.3, 0.4) is 0 Å². The number of hydrogen-bond acceptors (Lipinski definition) is 1. The van der Waals surface area contributed by atoms with Gasteiger partial charge in [-0.25, -0.2) is 0 Å². The minimum absolute atomic E-state index is 0.814. The molecule has 14 heavy (non-hydrogen) atoms. The van der Waals surface area contributed by atoms with E-state index in [-0.39, 0.29) is 0 Å². The van der Waals surface area contributed by atoms with Gasteiger partial charge in [0.05, 0.1) is 5.60 Å². The van der Waals surface area contributed by atoms with Gasteiger partial charge in [0.15, 0.2) is 0 Å². The fraction of sp³-hybridized carbons (Fsp3) is 0.273. The van der Waals surface area contributed by atoms with Crippen molar-refractivity contribution in [2.45, 2.75) is 19.4 Å². The molecule has 0 aliphatic rings. The molecule has 2 nitrogen and oxygen atoms in total. The maximum Gasteiger partial charge on any atom is 0.0987 e. The van der Waals surface area contributed by atoms with Gasteiger partial charge in [0, 0.05) is 15.7 Å². The van der Waals surface area contributed by atoms with Gasteiger partial charge < -0.3 is 10.1 Å². The molecular weight excluding hydrogens is 242 g/mol. The number of fused-ring (bicyclic) bond motifs is 1. The monoisotopic (exact) mass is 253 g/mol. The van der Waals surface area contributed by atoms with Crippen LogP contribution in [0.1, 0.15) is 19.5 Å². The molecule has 0 fully saturated rings. The SMILES string of the molecule is CC(C)(O)c1cc2ccc(Br)cc2[nH]1. The Morgan fingerprint density at radius 3 is 2.64 bits per heavy atom. The highest BCUT2D eigenvalue weighted by Crippen LogP contribution is 2.25. The number of aromatic nitrogens is 1. The van der Waals surface area contributed by atoms with E-state index >= 15 is 0 Å². The number of nitrogens with one attached hydrogen (secondary N) is 1. The predicted molar refractivity (Wildman–Crippen MR) is 61.2 cm³/mol. The molecule has 74 valence electrons. The quantitative estimate of drug-likeness (QED) is 0.805. The first kappa shape index (κ1) is 9.74. The van der Waals surface area contributed by atoms with Crippen molar-refractivity contribution in [2.75, 3.05) is 0 Å². The lowest BCUT2D eigenvalue weighted by Gasteiger charge is -2.14. The largest absolute Gasteiger partial charge is 0.384 e. The lowest BCUT2D eigenvalue weighted by molar-refractivity contribution is 0.0747. The first-order valence-corrected chi connectivity index (χ1v) is 5.27. The minimum Gasteiger partial charge on any atom is -0.384 e.